The van der Waals surface area contributed by atoms with Gasteiger partial charge in [0, 0.05) is 35.2 Å². The van der Waals surface area contributed by atoms with Crippen LogP contribution in [0, 0.1) is 11.3 Å². The highest BCUT2D eigenvalue weighted by Crippen LogP contribution is 2.46. The monoisotopic (exact) mass is 435 g/mol. The second-order valence-corrected chi connectivity index (χ2v) is 8.72. The first-order valence-corrected chi connectivity index (χ1v) is 10.5. The average molecular weight is 436 g/mol. The number of carbonyl (C=O) groups is 1. The molecule has 0 aromatic carbocycles. The Morgan fingerprint density at radius 3 is 2.81 bits per heavy atom. The third kappa shape index (κ3) is 3.65. The number of anilines is 1. The van der Waals surface area contributed by atoms with E-state index in [0.717, 1.165) is 21.2 Å². The molecule has 146 valence electrons. The first-order valence-electron chi connectivity index (χ1n) is 9.75. The quantitative estimate of drug-likeness (QED) is 0.724. The molecule has 2 aliphatic rings. The largest absolute Gasteiger partial charge is 0.395 e. The zero-order valence-corrected chi connectivity index (χ0v) is 17.0. The standard InChI is InChI=1S/C20H26BrN3O3/c21-15-6-7-22-19-18(15)16(11-24(19)8-9-25)23-17(26)10-20(12-27-13-20)14-4-2-1-3-5-14/h6-7,11,14,25H,1-5,8-10,12-13H2,(H,23,26). The van der Waals surface area contributed by atoms with E-state index in [1.54, 1.807) is 6.20 Å². The molecular weight excluding hydrogens is 410 g/mol. The first-order chi connectivity index (χ1) is 13.1. The number of pyridine rings is 1. The van der Waals surface area contributed by atoms with Crippen LogP contribution in [-0.2, 0) is 16.1 Å². The normalized spacial score (nSPS) is 19.8. The lowest BCUT2D eigenvalue weighted by molar-refractivity contribution is -0.163. The number of hydrogen-bond acceptors (Lipinski definition) is 4. The number of aliphatic hydroxyl groups is 1. The van der Waals surface area contributed by atoms with E-state index in [0.29, 0.717) is 32.1 Å². The van der Waals surface area contributed by atoms with E-state index in [1.165, 1.54) is 32.1 Å². The van der Waals surface area contributed by atoms with Crippen molar-refractivity contribution in [2.75, 3.05) is 25.1 Å². The molecule has 0 bridgehead atoms. The maximum Gasteiger partial charge on any atom is 0.225 e. The van der Waals surface area contributed by atoms with Crippen molar-refractivity contribution in [1.29, 1.82) is 0 Å². The topological polar surface area (TPSA) is 76.4 Å². The number of nitrogens with zero attached hydrogens (tertiary/aromatic N) is 2. The number of rotatable bonds is 6. The second kappa shape index (κ2) is 7.89. The SMILES string of the molecule is O=C(CC1(C2CCCCC2)COC1)Nc1cn(CCO)c2nccc(Br)c12. The molecule has 0 radical (unpaired) electrons. The third-order valence-electron chi connectivity index (χ3n) is 6.08. The second-order valence-electron chi connectivity index (χ2n) is 7.87. The molecule has 7 heteroatoms. The van der Waals surface area contributed by atoms with Crippen LogP contribution < -0.4 is 5.32 Å². The van der Waals surface area contributed by atoms with Crippen LogP contribution in [0.3, 0.4) is 0 Å². The Hall–Kier alpha value is -1.44. The molecule has 1 saturated carbocycles. The van der Waals surface area contributed by atoms with Gasteiger partial charge in [-0.25, -0.2) is 4.98 Å². The van der Waals surface area contributed by atoms with Crippen molar-refractivity contribution in [3.8, 4) is 0 Å². The van der Waals surface area contributed by atoms with Crippen molar-refractivity contribution in [1.82, 2.24) is 9.55 Å². The van der Waals surface area contributed by atoms with E-state index < -0.39 is 0 Å². The molecule has 2 aromatic rings. The number of hydrogen-bond donors (Lipinski definition) is 2. The Kier molecular flexibility index (Phi) is 5.53. The zero-order valence-electron chi connectivity index (χ0n) is 15.4. The number of ether oxygens (including phenoxy) is 1. The van der Waals surface area contributed by atoms with Crippen LogP contribution >= 0.6 is 15.9 Å². The molecule has 1 saturated heterocycles. The Balaban J connectivity index is 1.54. The van der Waals surface area contributed by atoms with Gasteiger partial charge >= 0.3 is 0 Å². The fourth-order valence-corrected chi connectivity index (χ4v) is 5.13. The smallest absolute Gasteiger partial charge is 0.225 e. The molecule has 2 fully saturated rings. The lowest BCUT2D eigenvalue weighted by atomic mass is 9.65. The van der Waals surface area contributed by atoms with E-state index in [9.17, 15) is 9.90 Å². The van der Waals surface area contributed by atoms with Gasteiger partial charge in [0.2, 0.25) is 5.91 Å². The highest BCUT2D eigenvalue weighted by molar-refractivity contribution is 9.10. The van der Waals surface area contributed by atoms with Gasteiger partial charge in [-0.1, -0.05) is 19.3 Å². The number of aromatic nitrogens is 2. The first kappa shape index (κ1) is 18.9. The molecule has 1 amide bonds. The van der Waals surface area contributed by atoms with Crippen LogP contribution in [-0.4, -0.2) is 40.4 Å². The zero-order chi connectivity index (χ0) is 18.9. The predicted octanol–water partition coefficient (Wildman–Crippen LogP) is 3.72. The van der Waals surface area contributed by atoms with E-state index in [4.69, 9.17) is 4.74 Å². The molecule has 4 rings (SSSR count). The molecule has 1 aliphatic heterocycles. The van der Waals surface area contributed by atoms with Gasteiger partial charge in [-0.2, -0.15) is 0 Å². The van der Waals surface area contributed by atoms with E-state index in [-0.39, 0.29) is 17.9 Å². The molecule has 2 N–H and O–H groups in total. The number of halogens is 1. The summed E-state index contributed by atoms with van der Waals surface area (Å²) in [6.45, 7) is 1.86. The highest BCUT2D eigenvalue weighted by Gasteiger charge is 2.47. The highest BCUT2D eigenvalue weighted by atomic mass is 79.9. The molecular formula is C20H26BrN3O3. The van der Waals surface area contributed by atoms with Gasteiger partial charge in [0.25, 0.3) is 0 Å². The van der Waals surface area contributed by atoms with Crippen molar-refractivity contribution in [3.63, 3.8) is 0 Å². The van der Waals surface area contributed by atoms with Gasteiger partial charge in [0.05, 0.1) is 30.9 Å². The summed E-state index contributed by atoms with van der Waals surface area (Å²) < 4.78 is 8.30. The maximum atomic E-state index is 12.9. The Morgan fingerprint density at radius 2 is 2.15 bits per heavy atom. The maximum absolute atomic E-state index is 12.9. The van der Waals surface area contributed by atoms with Crippen molar-refractivity contribution in [2.45, 2.75) is 45.1 Å². The predicted molar refractivity (Wildman–Crippen MR) is 108 cm³/mol. The molecule has 0 atom stereocenters. The third-order valence-corrected chi connectivity index (χ3v) is 6.75. The fourth-order valence-electron chi connectivity index (χ4n) is 4.62. The molecule has 27 heavy (non-hydrogen) atoms. The van der Waals surface area contributed by atoms with E-state index in [2.05, 4.69) is 26.2 Å². The fraction of sp³-hybridized carbons (Fsp3) is 0.600. The molecule has 0 unspecified atom stereocenters. The molecule has 1 aliphatic carbocycles. The van der Waals surface area contributed by atoms with Gasteiger partial charge < -0.3 is 19.7 Å². The van der Waals surface area contributed by atoms with Gasteiger partial charge in [-0.3, -0.25) is 4.79 Å². The Bertz CT molecular complexity index is 825. The van der Waals surface area contributed by atoms with Crippen molar-refractivity contribution in [2.24, 2.45) is 11.3 Å². The van der Waals surface area contributed by atoms with Crippen molar-refractivity contribution in [3.05, 3.63) is 22.9 Å². The minimum Gasteiger partial charge on any atom is -0.395 e. The minimum absolute atomic E-state index is 0.00343. The van der Waals surface area contributed by atoms with Crippen LogP contribution in [0.25, 0.3) is 11.0 Å². The summed E-state index contributed by atoms with van der Waals surface area (Å²) in [5, 5.41) is 13.3. The van der Waals surface area contributed by atoms with Gasteiger partial charge in [-0.05, 0) is 40.8 Å². The van der Waals surface area contributed by atoms with Gasteiger partial charge in [0.15, 0.2) is 0 Å². The number of fused-ring (bicyclic) bond motifs is 1. The molecule has 0 spiro atoms. The number of carbonyl (C=O) groups excluding carboxylic acids is 1. The van der Waals surface area contributed by atoms with Crippen molar-refractivity contribution < 1.29 is 14.6 Å². The summed E-state index contributed by atoms with van der Waals surface area (Å²) in [6, 6.07) is 1.87. The molecule has 3 heterocycles. The van der Waals surface area contributed by atoms with Crippen LogP contribution in [0.15, 0.2) is 22.9 Å². The van der Waals surface area contributed by atoms with Crippen molar-refractivity contribution >= 4 is 38.6 Å². The van der Waals surface area contributed by atoms with Crippen LogP contribution in [0.1, 0.15) is 38.5 Å². The summed E-state index contributed by atoms with van der Waals surface area (Å²) in [6.07, 6.45) is 10.3. The Morgan fingerprint density at radius 1 is 1.37 bits per heavy atom. The van der Waals surface area contributed by atoms with Gasteiger partial charge in [-0.15, -0.1) is 0 Å². The molecule has 6 nitrogen and oxygen atoms in total. The summed E-state index contributed by atoms with van der Waals surface area (Å²) >= 11 is 3.56. The summed E-state index contributed by atoms with van der Waals surface area (Å²) in [5.74, 6) is 0.623. The summed E-state index contributed by atoms with van der Waals surface area (Å²) in [7, 11) is 0. The van der Waals surface area contributed by atoms with Crippen LogP contribution in [0.2, 0.25) is 0 Å². The lowest BCUT2D eigenvalue weighted by Crippen LogP contribution is -2.51. The lowest BCUT2D eigenvalue weighted by Gasteiger charge is -2.48. The Labute approximate surface area is 167 Å². The van der Waals surface area contributed by atoms with Crippen LogP contribution in [0.5, 0.6) is 0 Å². The number of nitrogens with one attached hydrogen (secondary N) is 1. The van der Waals surface area contributed by atoms with E-state index >= 15 is 0 Å². The molecule has 2 aromatic heterocycles. The van der Waals surface area contributed by atoms with Gasteiger partial charge in [0.1, 0.15) is 5.65 Å². The minimum atomic E-state index is 0.00343. The van der Waals surface area contributed by atoms with E-state index in [1.807, 2.05) is 16.8 Å². The average Bonchev–Trinajstić information content (AvgIpc) is 2.98. The van der Waals surface area contributed by atoms with Crippen LogP contribution in [0.4, 0.5) is 5.69 Å². The number of amides is 1. The summed E-state index contributed by atoms with van der Waals surface area (Å²) in [4.78, 5) is 17.3. The number of aliphatic hydroxyl groups excluding tert-OH is 1. The summed E-state index contributed by atoms with van der Waals surface area (Å²) in [5.41, 5.74) is 1.49.